The van der Waals surface area contributed by atoms with E-state index in [0.717, 1.165) is 92.0 Å². The largest absolute Gasteiger partial charge is 0.416 e. The maximum atomic E-state index is 13.5. The van der Waals surface area contributed by atoms with E-state index in [1.807, 2.05) is 66.7 Å². The minimum absolute atomic E-state index is 0.334. The van der Waals surface area contributed by atoms with E-state index in [1.54, 1.807) is 34.8 Å². The Labute approximate surface area is 323 Å². The molecule has 3 nitrogen and oxygen atoms in total. The summed E-state index contributed by atoms with van der Waals surface area (Å²) < 4.78 is 52.0. The molecule has 0 radical (unpaired) electrons. The highest BCUT2D eigenvalue weighted by Gasteiger charge is 2.30. The van der Waals surface area contributed by atoms with Crippen LogP contribution in [0.15, 0.2) is 170 Å². The summed E-state index contributed by atoms with van der Waals surface area (Å²) in [5.74, 6) is 0. The van der Waals surface area contributed by atoms with Gasteiger partial charge in [-0.05, 0) is 136 Å². The second-order valence-electron chi connectivity index (χ2n) is 13.3. The number of alkyl halides is 3. The zero-order valence-electron chi connectivity index (χ0n) is 29.9. The molecule has 0 saturated carbocycles. The molecule has 0 saturated heterocycles. The molecule has 0 bridgehead atoms. The molecule has 0 aliphatic carbocycles. The fourth-order valence-corrected chi connectivity index (χ4v) is 9.06. The number of anilines is 3. The first-order valence-electron chi connectivity index (χ1n) is 18.1. The SMILES string of the molecule is [2H]c1cc(N(c2ccc(-c3nc4ccccc4s3)cc2)c2ccc(-c3nc4ccccc4s3)cc2)cc2ccc(-c3cccc4cc(C(F)(F)F)ccc34)cc12. The minimum Gasteiger partial charge on any atom is -0.310 e. The molecular formula is C47H28F3N3S2. The fraction of sp³-hybridized carbons (Fsp3) is 0.0213. The molecule has 0 fully saturated rings. The molecule has 0 aliphatic heterocycles. The topological polar surface area (TPSA) is 29.0 Å². The van der Waals surface area contributed by atoms with Crippen LogP contribution in [0.2, 0.25) is 0 Å². The van der Waals surface area contributed by atoms with Crippen LogP contribution in [0.3, 0.4) is 0 Å². The molecule has 0 N–H and O–H groups in total. The van der Waals surface area contributed by atoms with Crippen molar-refractivity contribution in [2.24, 2.45) is 0 Å². The third-order valence-corrected chi connectivity index (χ3v) is 12.0. The lowest BCUT2D eigenvalue weighted by Crippen LogP contribution is -2.09. The highest BCUT2D eigenvalue weighted by molar-refractivity contribution is 7.22. The van der Waals surface area contributed by atoms with Crippen LogP contribution in [0.25, 0.3) is 74.2 Å². The molecule has 10 aromatic rings. The van der Waals surface area contributed by atoms with E-state index in [1.165, 1.54) is 12.1 Å². The van der Waals surface area contributed by atoms with Gasteiger partial charge < -0.3 is 4.90 Å². The van der Waals surface area contributed by atoms with Gasteiger partial charge in [0.05, 0.1) is 27.4 Å². The van der Waals surface area contributed by atoms with Crippen molar-refractivity contribution in [1.29, 1.82) is 0 Å². The van der Waals surface area contributed by atoms with Crippen molar-refractivity contribution in [2.75, 3.05) is 4.90 Å². The maximum Gasteiger partial charge on any atom is 0.416 e. The molecular weight excluding hydrogens is 728 g/mol. The van der Waals surface area contributed by atoms with Gasteiger partial charge >= 0.3 is 6.18 Å². The number of halogens is 3. The average molecular weight is 757 g/mol. The Morgan fingerprint density at radius 1 is 0.491 bits per heavy atom. The second-order valence-corrected chi connectivity index (χ2v) is 15.4. The molecule has 0 unspecified atom stereocenters. The minimum atomic E-state index is -4.42. The summed E-state index contributed by atoms with van der Waals surface area (Å²) in [5.41, 5.74) is 7.63. The highest BCUT2D eigenvalue weighted by atomic mass is 32.1. The number of aromatic nitrogens is 2. The van der Waals surface area contributed by atoms with Crippen LogP contribution in [-0.4, -0.2) is 9.97 Å². The van der Waals surface area contributed by atoms with Gasteiger partial charge in [-0.1, -0.05) is 66.7 Å². The fourth-order valence-electron chi connectivity index (χ4n) is 7.11. The lowest BCUT2D eigenvalue weighted by molar-refractivity contribution is -0.137. The van der Waals surface area contributed by atoms with Crippen LogP contribution in [0.4, 0.5) is 30.2 Å². The number of hydrogen-bond donors (Lipinski definition) is 0. The summed E-state index contributed by atoms with van der Waals surface area (Å²) >= 11 is 3.33. The van der Waals surface area contributed by atoms with E-state index < -0.39 is 11.7 Å². The zero-order chi connectivity index (χ0) is 38.0. The summed E-state index contributed by atoms with van der Waals surface area (Å²) in [5, 5.41) is 4.75. The number of thiazole rings is 2. The molecule has 55 heavy (non-hydrogen) atoms. The average Bonchev–Trinajstić information content (AvgIpc) is 3.86. The predicted molar refractivity (Wildman–Crippen MR) is 224 cm³/mol. The van der Waals surface area contributed by atoms with Crippen LogP contribution < -0.4 is 4.90 Å². The van der Waals surface area contributed by atoms with Gasteiger partial charge in [-0.2, -0.15) is 13.2 Å². The Balaban J connectivity index is 1.05. The third kappa shape index (κ3) is 6.19. The van der Waals surface area contributed by atoms with Crippen LogP contribution in [0, 0.1) is 0 Å². The summed E-state index contributed by atoms with van der Waals surface area (Å²) in [6.07, 6.45) is -4.42. The quantitative estimate of drug-likeness (QED) is 0.169. The maximum absolute atomic E-state index is 13.5. The van der Waals surface area contributed by atoms with Crippen LogP contribution >= 0.6 is 22.7 Å². The number of nitrogens with zero attached hydrogens (tertiary/aromatic N) is 3. The van der Waals surface area contributed by atoms with E-state index in [4.69, 9.17) is 9.97 Å². The van der Waals surface area contributed by atoms with E-state index >= 15 is 0 Å². The first kappa shape index (κ1) is 32.1. The predicted octanol–water partition coefficient (Wildman–Crippen LogP) is 14.7. The van der Waals surface area contributed by atoms with Crippen molar-refractivity contribution in [1.82, 2.24) is 9.97 Å². The van der Waals surface area contributed by atoms with Crippen LogP contribution in [0.5, 0.6) is 0 Å². The highest BCUT2D eigenvalue weighted by Crippen LogP contribution is 2.41. The smallest absolute Gasteiger partial charge is 0.310 e. The van der Waals surface area contributed by atoms with Gasteiger partial charge in [-0.3, -0.25) is 0 Å². The van der Waals surface area contributed by atoms with Crippen molar-refractivity contribution < 1.29 is 14.5 Å². The van der Waals surface area contributed by atoms with Gasteiger partial charge in [-0.15, -0.1) is 22.7 Å². The third-order valence-electron chi connectivity index (χ3n) is 9.84. The number of fused-ring (bicyclic) bond motifs is 4. The van der Waals surface area contributed by atoms with Crippen LogP contribution in [0.1, 0.15) is 6.93 Å². The van der Waals surface area contributed by atoms with Crippen molar-refractivity contribution in [3.8, 4) is 32.3 Å². The Morgan fingerprint density at radius 3 is 1.69 bits per heavy atom. The van der Waals surface area contributed by atoms with Gasteiger partial charge in [0.15, 0.2) is 0 Å². The first-order chi connectivity index (χ1) is 27.2. The molecule has 10 rings (SSSR count). The lowest BCUT2D eigenvalue weighted by atomic mass is 9.95. The number of rotatable bonds is 6. The Kier molecular flexibility index (Phi) is 7.70. The van der Waals surface area contributed by atoms with Crippen molar-refractivity contribution in [3.05, 3.63) is 175 Å². The Morgan fingerprint density at radius 2 is 1.09 bits per heavy atom. The standard InChI is InChI=1S/C47H28F3N3S2/c48-47(49,50)35-19-25-40-33(27-35)6-5-7-39(40)34-13-12-32-28-38(24-18-31(32)26-34)53(36-20-14-29(15-21-36)45-51-41-8-1-3-10-43(41)54-45)37-22-16-30(17-23-37)46-52-42-9-2-4-11-44(42)55-46/h1-28H/i18D. The van der Waals surface area contributed by atoms with Gasteiger partial charge in [0, 0.05) is 28.2 Å². The van der Waals surface area contributed by atoms with Gasteiger partial charge in [0.1, 0.15) is 10.0 Å². The molecule has 8 aromatic carbocycles. The molecule has 8 heteroatoms. The van der Waals surface area contributed by atoms with Crippen molar-refractivity contribution in [2.45, 2.75) is 6.18 Å². The zero-order valence-corrected chi connectivity index (χ0v) is 30.5. The van der Waals surface area contributed by atoms with E-state index in [9.17, 15) is 14.5 Å². The summed E-state index contributed by atoms with van der Waals surface area (Å²) in [6.45, 7) is 0. The first-order valence-corrected chi connectivity index (χ1v) is 19.3. The normalized spacial score (nSPS) is 12.2. The van der Waals surface area contributed by atoms with Crippen molar-refractivity contribution in [3.63, 3.8) is 0 Å². The van der Waals surface area contributed by atoms with E-state index in [-0.39, 0.29) is 0 Å². The molecule has 0 spiro atoms. The van der Waals surface area contributed by atoms with E-state index in [2.05, 4.69) is 71.6 Å². The molecule has 0 atom stereocenters. The molecule has 0 aliphatic rings. The summed E-state index contributed by atoms with van der Waals surface area (Å²) in [6, 6.07) is 52.4. The molecule has 2 heterocycles. The number of benzene rings is 8. The molecule has 264 valence electrons. The second kappa shape index (κ2) is 13.2. The molecule has 0 amide bonds. The number of para-hydroxylation sites is 2. The molecule has 2 aromatic heterocycles. The summed E-state index contributed by atoms with van der Waals surface area (Å²) in [4.78, 5) is 11.9. The lowest BCUT2D eigenvalue weighted by Gasteiger charge is -2.26. The summed E-state index contributed by atoms with van der Waals surface area (Å²) in [7, 11) is 0. The Hall–Kier alpha value is -6.35. The van der Waals surface area contributed by atoms with Gasteiger partial charge in [-0.25, -0.2) is 9.97 Å². The van der Waals surface area contributed by atoms with Crippen molar-refractivity contribution >= 4 is 81.7 Å². The number of hydrogen-bond acceptors (Lipinski definition) is 5. The van der Waals surface area contributed by atoms with Crippen LogP contribution in [-0.2, 0) is 6.18 Å². The monoisotopic (exact) mass is 756 g/mol. The van der Waals surface area contributed by atoms with Gasteiger partial charge in [0.25, 0.3) is 0 Å². The van der Waals surface area contributed by atoms with E-state index in [0.29, 0.717) is 11.4 Å². The van der Waals surface area contributed by atoms with Gasteiger partial charge in [0.2, 0.25) is 0 Å². The Bertz CT molecular complexity index is 2910.